The molecule has 0 spiro atoms. The van der Waals surface area contributed by atoms with Crippen molar-refractivity contribution < 1.29 is 4.79 Å². The lowest BCUT2D eigenvalue weighted by atomic mass is 10.2. The number of likely N-dealkylation sites (tertiary alicyclic amines) is 1. The first-order valence-corrected chi connectivity index (χ1v) is 11.1. The van der Waals surface area contributed by atoms with Crippen molar-refractivity contribution in [3.05, 3.63) is 28.2 Å². The molecule has 2 aliphatic heterocycles. The highest BCUT2D eigenvalue weighted by atomic mass is 35.5. The minimum absolute atomic E-state index is 0.0244. The van der Waals surface area contributed by atoms with Gasteiger partial charge in [0.15, 0.2) is 0 Å². The summed E-state index contributed by atoms with van der Waals surface area (Å²) in [6.07, 6.45) is 3.13. The maximum absolute atomic E-state index is 12.2. The molecule has 28 heavy (non-hydrogen) atoms. The lowest BCUT2D eigenvalue weighted by Crippen LogP contribution is -2.49. The van der Waals surface area contributed by atoms with Gasteiger partial charge in [-0.2, -0.15) is 0 Å². The van der Waals surface area contributed by atoms with Crippen LogP contribution < -0.4 is 5.32 Å². The minimum atomic E-state index is -0.0244. The summed E-state index contributed by atoms with van der Waals surface area (Å²) < 4.78 is 0. The zero-order valence-electron chi connectivity index (χ0n) is 17.0. The summed E-state index contributed by atoms with van der Waals surface area (Å²) in [5, 5.41) is 3.93. The van der Waals surface area contributed by atoms with E-state index in [1.165, 1.54) is 19.4 Å². The molecular weight excluding hydrogens is 395 g/mol. The van der Waals surface area contributed by atoms with E-state index in [4.69, 9.17) is 23.2 Å². The molecule has 5 nitrogen and oxygen atoms in total. The molecule has 1 amide bonds. The van der Waals surface area contributed by atoms with Crippen LogP contribution in [0.4, 0.5) is 5.69 Å². The molecule has 0 saturated carbocycles. The second kappa shape index (κ2) is 10.3. The fraction of sp³-hybridized carbons (Fsp3) is 0.667. The van der Waals surface area contributed by atoms with Crippen LogP contribution in [0, 0.1) is 0 Å². The average Bonchev–Trinajstić information content (AvgIpc) is 3.00. The van der Waals surface area contributed by atoms with E-state index in [-0.39, 0.29) is 5.91 Å². The summed E-state index contributed by atoms with van der Waals surface area (Å²) in [5.74, 6) is -0.0244. The lowest BCUT2D eigenvalue weighted by molar-refractivity contribution is -0.116. The Balaban J connectivity index is 1.34. The summed E-state index contributed by atoms with van der Waals surface area (Å²) in [5.41, 5.74) is 0.578. The van der Waals surface area contributed by atoms with E-state index in [2.05, 4.69) is 33.9 Å². The first-order chi connectivity index (χ1) is 13.4. The normalized spacial score (nSPS) is 24.6. The van der Waals surface area contributed by atoms with E-state index in [9.17, 15) is 4.79 Å². The van der Waals surface area contributed by atoms with Gasteiger partial charge in [-0.05, 0) is 44.9 Å². The maximum atomic E-state index is 12.2. The number of carbonyl (C=O) groups is 1. The topological polar surface area (TPSA) is 38.8 Å². The quantitative estimate of drug-likeness (QED) is 0.718. The van der Waals surface area contributed by atoms with Crippen LogP contribution >= 0.6 is 23.2 Å². The van der Waals surface area contributed by atoms with Gasteiger partial charge in [-0.25, -0.2) is 0 Å². The van der Waals surface area contributed by atoms with Gasteiger partial charge in [0.1, 0.15) is 0 Å². The van der Waals surface area contributed by atoms with E-state index >= 15 is 0 Å². The van der Waals surface area contributed by atoms with Crippen LogP contribution in [-0.4, -0.2) is 78.5 Å². The molecule has 0 aromatic heterocycles. The second-order valence-corrected chi connectivity index (χ2v) is 8.96. The number of piperazine rings is 1. The van der Waals surface area contributed by atoms with Gasteiger partial charge < -0.3 is 10.2 Å². The predicted octanol–water partition coefficient (Wildman–Crippen LogP) is 3.81. The molecule has 156 valence electrons. The van der Waals surface area contributed by atoms with E-state index in [0.29, 0.717) is 22.2 Å². The van der Waals surface area contributed by atoms with E-state index in [0.717, 1.165) is 51.4 Å². The molecule has 1 aromatic rings. The van der Waals surface area contributed by atoms with Gasteiger partial charge in [0.2, 0.25) is 5.91 Å². The molecule has 7 heteroatoms. The standard InChI is InChI=1S/C21H32Cl2N4O/c1-16-3-4-17(2)27(16)14-13-26-11-9-25(10-12-26)8-7-21(28)24-20-15-18(22)5-6-19(20)23/h5-6,15-17H,3-4,7-14H2,1-2H3,(H,24,28). The van der Waals surface area contributed by atoms with Gasteiger partial charge in [0.25, 0.3) is 0 Å². The highest BCUT2D eigenvalue weighted by Crippen LogP contribution is 2.25. The third-order valence-corrected chi connectivity index (χ3v) is 6.70. The Morgan fingerprint density at radius 1 is 1.00 bits per heavy atom. The Morgan fingerprint density at radius 2 is 1.61 bits per heavy atom. The molecule has 0 radical (unpaired) electrons. The van der Waals surface area contributed by atoms with Crippen LogP contribution in [-0.2, 0) is 4.79 Å². The van der Waals surface area contributed by atoms with Crippen molar-refractivity contribution >= 4 is 34.8 Å². The summed E-state index contributed by atoms with van der Waals surface area (Å²) >= 11 is 12.1. The fourth-order valence-corrected chi connectivity index (χ4v) is 4.59. The van der Waals surface area contributed by atoms with Crippen molar-refractivity contribution in [3.63, 3.8) is 0 Å². The van der Waals surface area contributed by atoms with Gasteiger partial charge in [0, 0.05) is 69.3 Å². The van der Waals surface area contributed by atoms with Crippen molar-refractivity contribution in [2.45, 2.75) is 45.2 Å². The first-order valence-electron chi connectivity index (χ1n) is 10.4. The highest BCUT2D eigenvalue weighted by Gasteiger charge is 2.27. The zero-order chi connectivity index (χ0) is 20.1. The Hall–Kier alpha value is -0.850. The SMILES string of the molecule is CC1CCC(C)N1CCN1CCN(CCC(=O)Nc2cc(Cl)ccc2Cl)CC1. The van der Waals surface area contributed by atoms with Crippen LogP contribution in [0.3, 0.4) is 0 Å². The van der Waals surface area contributed by atoms with Crippen molar-refractivity contribution in [1.82, 2.24) is 14.7 Å². The number of benzene rings is 1. The van der Waals surface area contributed by atoms with Gasteiger partial charge in [0.05, 0.1) is 10.7 Å². The number of rotatable bonds is 7. The maximum Gasteiger partial charge on any atom is 0.225 e. The molecule has 2 fully saturated rings. The minimum Gasteiger partial charge on any atom is -0.325 e. The van der Waals surface area contributed by atoms with Crippen LogP contribution in [0.15, 0.2) is 18.2 Å². The highest BCUT2D eigenvalue weighted by molar-refractivity contribution is 6.35. The van der Waals surface area contributed by atoms with E-state index in [1.807, 2.05) is 0 Å². The summed E-state index contributed by atoms with van der Waals surface area (Å²) in [7, 11) is 0. The number of amides is 1. The zero-order valence-corrected chi connectivity index (χ0v) is 18.5. The molecule has 0 aliphatic carbocycles. The first kappa shape index (κ1) is 21.8. The van der Waals surface area contributed by atoms with Gasteiger partial charge in [-0.1, -0.05) is 23.2 Å². The number of hydrogen-bond donors (Lipinski definition) is 1. The lowest BCUT2D eigenvalue weighted by Gasteiger charge is -2.36. The van der Waals surface area contributed by atoms with Gasteiger partial charge >= 0.3 is 0 Å². The van der Waals surface area contributed by atoms with Crippen molar-refractivity contribution in [2.75, 3.05) is 51.1 Å². The molecule has 2 saturated heterocycles. The molecule has 1 aromatic carbocycles. The smallest absolute Gasteiger partial charge is 0.225 e. The molecule has 2 atom stereocenters. The van der Waals surface area contributed by atoms with Crippen LogP contribution in [0.1, 0.15) is 33.1 Å². The van der Waals surface area contributed by atoms with E-state index < -0.39 is 0 Å². The Bertz CT molecular complexity index is 654. The molecular formula is C21H32Cl2N4O. The molecule has 3 rings (SSSR count). The molecule has 1 N–H and O–H groups in total. The third-order valence-electron chi connectivity index (χ3n) is 6.13. The largest absolute Gasteiger partial charge is 0.325 e. The van der Waals surface area contributed by atoms with Crippen LogP contribution in [0.25, 0.3) is 0 Å². The third kappa shape index (κ3) is 6.07. The molecule has 0 bridgehead atoms. The molecule has 2 unspecified atom stereocenters. The number of hydrogen-bond acceptors (Lipinski definition) is 4. The fourth-order valence-electron chi connectivity index (χ4n) is 4.25. The Labute approximate surface area is 178 Å². The van der Waals surface area contributed by atoms with Crippen molar-refractivity contribution in [3.8, 4) is 0 Å². The Morgan fingerprint density at radius 3 is 2.25 bits per heavy atom. The van der Waals surface area contributed by atoms with Crippen LogP contribution in [0.5, 0.6) is 0 Å². The second-order valence-electron chi connectivity index (χ2n) is 8.12. The van der Waals surface area contributed by atoms with Crippen LogP contribution in [0.2, 0.25) is 10.0 Å². The van der Waals surface area contributed by atoms with Gasteiger partial charge in [-0.3, -0.25) is 14.6 Å². The Kier molecular flexibility index (Phi) is 8.01. The average molecular weight is 427 g/mol. The van der Waals surface area contributed by atoms with Crippen molar-refractivity contribution in [2.24, 2.45) is 0 Å². The summed E-state index contributed by atoms with van der Waals surface area (Å²) in [6, 6.07) is 6.54. The number of carbonyl (C=O) groups excluding carboxylic acids is 1. The molecule has 2 heterocycles. The predicted molar refractivity (Wildman–Crippen MR) is 117 cm³/mol. The summed E-state index contributed by atoms with van der Waals surface area (Å²) in [6.45, 7) is 12.0. The monoisotopic (exact) mass is 426 g/mol. The molecule has 2 aliphatic rings. The van der Waals surface area contributed by atoms with E-state index in [1.54, 1.807) is 18.2 Å². The number of nitrogens with zero attached hydrogens (tertiary/aromatic N) is 3. The summed E-state index contributed by atoms with van der Waals surface area (Å²) in [4.78, 5) is 19.8. The van der Waals surface area contributed by atoms with Gasteiger partial charge in [-0.15, -0.1) is 0 Å². The van der Waals surface area contributed by atoms with Crippen molar-refractivity contribution in [1.29, 1.82) is 0 Å². The number of anilines is 1. The number of halogens is 2. The number of nitrogens with one attached hydrogen (secondary N) is 1.